The van der Waals surface area contributed by atoms with Crippen LogP contribution in [0.2, 0.25) is 0 Å². The molecule has 6 heteroatoms. The Labute approximate surface area is 123 Å². The van der Waals surface area contributed by atoms with Gasteiger partial charge in [-0.3, -0.25) is 9.59 Å². The van der Waals surface area contributed by atoms with Crippen LogP contribution in [0.5, 0.6) is 0 Å². The lowest BCUT2D eigenvalue weighted by Gasteiger charge is -2.24. The molecule has 0 aromatic carbocycles. The van der Waals surface area contributed by atoms with Gasteiger partial charge in [-0.15, -0.1) is 0 Å². The van der Waals surface area contributed by atoms with Crippen LogP contribution in [0.1, 0.15) is 62.1 Å². The van der Waals surface area contributed by atoms with Crippen LogP contribution in [0, 0.1) is 19.3 Å². The molecule has 0 bridgehead atoms. The number of nitrogens with zero attached hydrogens (tertiary/aromatic N) is 1. The highest BCUT2D eigenvalue weighted by molar-refractivity contribution is 5.85. The van der Waals surface area contributed by atoms with Crippen LogP contribution in [-0.2, 0) is 9.59 Å². The molecule has 2 rings (SSSR count). The summed E-state index contributed by atoms with van der Waals surface area (Å²) >= 11 is 0. The van der Waals surface area contributed by atoms with E-state index in [0.717, 1.165) is 24.1 Å². The number of hydrogen-bond acceptors (Lipinski definition) is 4. The maximum atomic E-state index is 12.2. The van der Waals surface area contributed by atoms with E-state index in [1.807, 2.05) is 13.8 Å². The molecule has 6 nitrogen and oxygen atoms in total. The quantitative estimate of drug-likeness (QED) is 0.870. The summed E-state index contributed by atoms with van der Waals surface area (Å²) in [5, 5.41) is 16.2. The monoisotopic (exact) mass is 294 g/mol. The molecule has 0 saturated heterocycles. The summed E-state index contributed by atoms with van der Waals surface area (Å²) in [6.07, 6.45) is 2.94. The lowest BCUT2D eigenvalue weighted by molar-refractivity contribution is -0.151. The fraction of sp³-hybridized carbons (Fsp3) is 0.667. The third-order valence-electron chi connectivity index (χ3n) is 4.41. The van der Waals surface area contributed by atoms with Gasteiger partial charge in [0.05, 0.1) is 17.2 Å². The predicted molar refractivity (Wildman–Crippen MR) is 75.7 cm³/mol. The molecular weight excluding hydrogens is 272 g/mol. The zero-order valence-electron chi connectivity index (χ0n) is 12.7. The molecule has 116 valence electrons. The van der Waals surface area contributed by atoms with Crippen molar-refractivity contribution in [3.8, 4) is 0 Å². The van der Waals surface area contributed by atoms with Gasteiger partial charge in [-0.2, -0.15) is 0 Å². The van der Waals surface area contributed by atoms with Crippen molar-refractivity contribution in [3.63, 3.8) is 0 Å². The number of aliphatic carboxylic acids is 1. The van der Waals surface area contributed by atoms with E-state index < -0.39 is 11.4 Å². The fourth-order valence-electron chi connectivity index (χ4n) is 3.30. The number of carboxylic acids is 1. The number of carboxylic acid groups (broad SMARTS) is 1. The van der Waals surface area contributed by atoms with Crippen molar-refractivity contribution >= 4 is 11.9 Å². The Kier molecular flexibility index (Phi) is 4.34. The van der Waals surface area contributed by atoms with Crippen molar-refractivity contribution < 1.29 is 19.2 Å². The summed E-state index contributed by atoms with van der Waals surface area (Å²) in [7, 11) is 0. The van der Waals surface area contributed by atoms with Crippen LogP contribution in [-0.4, -0.2) is 22.1 Å². The fourth-order valence-corrected chi connectivity index (χ4v) is 3.30. The van der Waals surface area contributed by atoms with Crippen LogP contribution in [0.3, 0.4) is 0 Å². The lowest BCUT2D eigenvalue weighted by Crippen LogP contribution is -2.36. The third kappa shape index (κ3) is 3.09. The molecule has 2 N–H and O–H groups in total. The molecule has 1 unspecified atom stereocenters. The van der Waals surface area contributed by atoms with Crippen molar-refractivity contribution in [2.24, 2.45) is 5.41 Å². The maximum absolute atomic E-state index is 12.2. The normalized spacial score (nSPS) is 18.4. The Morgan fingerprint density at radius 3 is 2.48 bits per heavy atom. The molecule has 0 aliphatic heterocycles. The largest absolute Gasteiger partial charge is 0.481 e. The van der Waals surface area contributed by atoms with Crippen LogP contribution in [0.4, 0.5) is 0 Å². The first-order valence-electron chi connectivity index (χ1n) is 7.31. The van der Waals surface area contributed by atoms with Crippen molar-refractivity contribution in [2.45, 2.75) is 58.9 Å². The van der Waals surface area contributed by atoms with Crippen molar-refractivity contribution in [1.29, 1.82) is 0 Å². The molecule has 1 aliphatic carbocycles. The first-order chi connectivity index (χ1) is 9.85. The van der Waals surface area contributed by atoms with Gasteiger partial charge >= 0.3 is 5.97 Å². The average molecular weight is 294 g/mol. The Hall–Kier alpha value is -1.85. The summed E-state index contributed by atoms with van der Waals surface area (Å²) in [4.78, 5) is 23.7. The Morgan fingerprint density at radius 2 is 2.00 bits per heavy atom. The van der Waals surface area contributed by atoms with Crippen LogP contribution >= 0.6 is 0 Å². The van der Waals surface area contributed by atoms with Gasteiger partial charge in [0.25, 0.3) is 0 Å². The smallest absolute Gasteiger partial charge is 0.310 e. The number of nitrogens with one attached hydrogen (secondary N) is 1. The number of aromatic nitrogens is 1. The minimum Gasteiger partial charge on any atom is -0.481 e. The second-order valence-corrected chi connectivity index (χ2v) is 6.00. The number of carbonyl (C=O) groups excluding carboxylic acids is 1. The highest BCUT2D eigenvalue weighted by atomic mass is 16.5. The third-order valence-corrected chi connectivity index (χ3v) is 4.41. The topological polar surface area (TPSA) is 92.4 Å². The first kappa shape index (κ1) is 15.5. The zero-order valence-corrected chi connectivity index (χ0v) is 12.7. The molecule has 0 spiro atoms. The lowest BCUT2D eigenvalue weighted by atomic mass is 9.82. The molecule has 1 aliphatic rings. The molecule has 1 heterocycles. The van der Waals surface area contributed by atoms with Gasteiger partial charge in [-0.25, -0.2) is 0 Å². The van der Waals surface area contributed by atoms with E-state index >= 15 is 0 Å². The highest BCUT2D eigenvalue weighted by Crippen LogP contribution is 2.41. The second kappa shape index (κ2) is 5.87. The minimum absolute atomic E-state index is 0.0377. The summed E-state index contributed by atoms with van der Waals surface area (Å²) in [5.74, 6) is -0.416. The van der Waals surface area contributed by atoms with Crippen molar-refractivity contribution in [1.82, 2.24) is 10.5 Å². The number of rotatable bonds is 5. The van der Waals surface area contributed by atoms with Gasteiger partial charge in [-0.1, -0.05) is 18.0 Å². The number of carbonyl (C=O) groups is 2. The molecule has 1 atom stereocenters. The van der Waals surface area contributed by atoms with Gasteiger partial charge in [0.2, 0.25) is 5.91 Å². The highest BCUT2D eigenvalue weighted by Gasteiger charge is 2.43. The van der Waals surface area contributed by atoms with Gasteiger partial charge < -0.3 is 14.9 Å². The van der Waals surface area contributed by atoms with Gasteiger partial charge in [0.1, 0.15) is 5.76 Å². The molecule has 1 aromatic heterocycles. The Morgan fingerprint density at radius 1 is 1.38 bits per heavy atom. The molecule has 1 fully saturated rings. The minimum atomic E-state index is -0.886. The summed E-state index contributed by atoms with van der Waals surface area (Å²) in [5.41, 5.74) is 0.719. The average Bonchev–Trinajstić information content (AvgIpc) is 2.97. The molecule has 0 radical (unpaired) electrons. The molecule has 1 saturated carbocycles. The zero-order chi connectivity index (χ0) is 15.6. The van der Waals surface area contributed by atoms with E-state index in [2.05, 4.69) is 10.5 Å². The van der Waals surface area contributed by atoms with Crippen LogP contribution in [0.15, 0.2) is 4.52 Å². The molecule has 1 amide bonds. The number of hydrogen-bond donors (Lipinski definition) is 2. The number of aryl methyl sites for hydroxylation is 2. The van der Waals surface area contributed by atoms with Gasteiger partial charge in [0.15, 0.2) is 0 Å². The van der Waals surface area contributed by atoms with E-state index in [4.69, 9.17) is 4.52 Å². The summed E-state index contributed by atoms with van der Waals surface area (Å²) in [6, 6.07) is -0.240. The van der Waals surface area contributed by atoms with Crippen LogP contribution in [0.25, 0.3) is 0 Å². The Balaban J connectivity index is 2.03. The van der Waals surface area contributed by atoms with Gasteiger partial charge in [0, 0.05) is 12.0 Å². The van der Waals surface area contributed by atoms with E-state index in [-0.39, 0.29) is 18.4 Å². The predicted octanol–water partition coefficient (Wildman–Crippen LogP) is 2.50. The molecule has 21 heavy (non-hydrogen) atoms. The van der Waals surface area contributed by atoms with Gasteiger partial charge in [-0.05, 0) is 33.6 Å². The van der Waals surface area contributed by atoms with Crippen LogP contribution < -0.4 is 5.32 Å². The first-order valence-corrected chi connectivity index (χ1v) is 7.31. The standard InChI is InChI=1S/C15H22N2O4/c1-9(13-10(2)17-21-11(13)3)16-12(18)8-15(14(19)20)6-4-5-7-15/h9H,4-8H2,1-3H3,(H,16,18)(H,19,20). The number of amides is 1. The van der Waals surface area contributed by atoms with Crippen molar-refractivity contribution in [2.75, 3.05) is 0 Å². The van der Waals surface area contributed by atoms with E-state index in [9.17, 15) is 14.7 Å². The van der Waals surface area contributed by atoms with E-state index in [0.29, 0.717) is 18.6 Å². The Bertz CT molecular complexity index is 524. The van der Waals surface area contributed by atoms with E-state index in [1.165, 1.54) is 0 Å². The maximum Gasteiger partial charge on any atom is 0.310 e. The molecular formula is C15H22N2O4. The van der Waals surface area contributed by atoms with Crippen molar-refractivity contribution in [3.05, 3.63) is 17.0 Å². The van der Waals surface area contributed by atoms with E-state index in [1.54, 1.807) is 6.92 Å². The molecule has 1 aromatic rings. The summed E-state index contributed by atoms with van der Waals surface area (Å²) in [6.45, 7) is 5.48. The SMILES string of the molecule is Cc1noc(C)c1C(C)NC(=O)CC1(C(=O)O)CCCC1. The summed E-state index contributed by atoms with van der Waals surface area (Å²) < 4.78 is 5.09. The second-order valence-electron chi connectivity index (χ2n) is 6.00.